The lowest BCUT2D eigenvalue weighted by Gasteiger charge is -2.27. The molecule has 0 spiro atoms. The van der Waals surface area contributed by atoms with E-state index in [1.807, 2.05) is 27.7 Å². The number of rotatable bonds is 7. The number of nitrogens with zero attached hydrogens (tertiary/aromatic N) is 1. The third-order valence-corrected chi connectivity index (χ3v) is 3.51. The predicted molar refractivity (Wildman–Crippen MR) is 85.0 cm³/mol. The minimum atomic E-state index is -0.828. The number of likely N-dealkylation sites (N-methyl/N-ethyl adjacent to an activating group) is 1. The second kappa shape index (κ2) is 8.60. The van der Waals surface area contributed by atoms with Crippen LogP contribution in [0.15, 0.2) is 18.2 Å². The molecule has 0 unspecified atom stereocenters. The van der Waals surface area contributed by atoms with Crippen molar-refractivity contribution >= 4 is 11.8 Å². The number of hydrogen-bond donors (Lipinski definition) is 1. The van der Waals surface area contributed by atoms with Gasteiger partial charge in [-0.1, -0.05) is 13.8 Å². The smallest absolute Gasteiger partial charge is 0.252 e. The second-order valence-corrected chi connectivity index (χ2v) is 5.82. The molecule has 0 saturated heterocycles. The van der Waals surface area contributed by atoms with Crippen LogP contribution in [0, 0.1) is 17.6 Å². The summed E-state index contributed by atoms with van der Waals surface area (Å²) in [6.07, 6.45) is 0.457. The van der Waals surface area contributed by atoms with Crippen LogP contribution < -0.4 is 5.32 Å². The zero-order valence-corrected chi connectivity index (χ0v) is 14.0. The van der Waals surface area contributed by atoms with Crippen LogP contribution in [0.4, 0.5) is 8.78 Å². The van der Waals surface area contributed by atoms with Gasteiger partial charge in [-0.15, -0.1) is 0 Å². The van der Waals surface area contributed by atoms with E-state index in [4.69, 9.17) is 0 Å². The zero-order valence-electron chi connectivity index (χ0n) is 14.0. The Hall–Kier alpha value is -1.98. The minimum absolute atomic E-state index is 0.136. The van der Waals surface area contributed by atoms with Crippen LogP contribution in [0.1, 0.15) is 44.5 Å². The normalized spacial score (nSPS) is 12.1. The second-order valence-electron chi connectivity index (χ2n) is 5.82. The molecule has 1 N–H and O–H groups in total. The molecule has 6 heteroatoms. The summed E-state index contributed by atoms with van der Waals surface area (Å²) in [5.74, 6) is -2.32. The maximum atomic E-state index is 13.2. The lowest BCUT2D eigenvalue weighted by molar-refractivity contribution is -0.133. The molecule has 0 saturated carbocycles. The molecule has 0 aliphatic carbocycles. The highest BCUT2D eigenvalue weighted by molar-refractivity contribution is 5.97. The Balaban J connectivity index is 2.95. The number of hydrogen-bond acceptors (Lipinski definition) is 2. The first-order valence-electron chi connectivity index (χ1n) is 7.84. The Morgan fingerprint density at radius 3 is 2.04 bits per heavy atom. The van der Waals surface area contributed by atoms with Gasteiger partial charge in [0.1, 0.15) is 17.7 Å². The highest BCUT2D eigenvalue weighted by Gasteiger charge is 2.26. The van der Waals surface area contributed by atoms with Gasteiger partial charge in [-0.3, -0.25) is 9.59 Å². The quantitative estimate of drug-likeness (QED) is 0.837. The average molecular weight is 326 g/mol. The highest BCUT2D eigenvalue weighted by atomic mass is 19.1. The maximum Gasteiger partial charge on any atom is 0.252 e. The molecule has 0 aliphatic heterocycles. The van der Waals surface area contributed by atoms with Gasteiger partial charge in [0.15, 0.2) is 0 Å². The van der Waals surface area contributed by atoms with Crippen molar-refractivity contribution in [1.29, 1.82) is 0 Å². The summed E-state index contributed by atoms with van der Waals surface area (Å²) in [6, 6.07) is 1.89. The summed E-state index contributed by atoms with van der Waals surface area (Å²) in [5, 5.41) is 2.60. The Kier molecular flexibility index (Phi) is 7.13. The van der Waals surface area contributed by atoms with E-state index >= 15 is 0 Å². The first-order chi connectivity index (χ1) is 10.8. The van der Waals surface area contributed by atoms with Crippen molar-refractivity contribution in [2.75, 3.05) is 13.1 Å². The van der Waals surface area contributed by atoms with E-state index in [0.717, 1.165) is 12.1 Å². The van der Waals surface area contributed by atoms with Gasteiger partial charge in [-0.25, -0.2) is 8.78 Å². The van der Waals surface area contributed by atoms with Crippen molar-refractivity contribution in [2.24, 2.45) is 5.92 Å². The summed E-state index contributed by atoms with van der Waals surface area (Å²) in [4.78, 5) is 26.4. The molecular weight excluding hydrogens is 302 g/mol. The Labute approximate surface area is 135 Å². The van der Waals surface area contributed by atoms with E-state index in [2.05, 4.69) is 5.32 Å². The summed E-state index contributed by atoms with van der Waals surface area (Å²) in [6.45, 7) is 8.67. The Morgan fingerprint density at radius 2 is 1.61 bits per heavy atom. The van der Waals surface area contributed by atoms with Gasteiger partial charge in [0.25, 0.3) is 5.91 Å². The van der Waals surface area contributed by atoms with E-state index in [-0.39, 0.29) is 17.4 Å². The first kappa shape index (κ1) is 19.1. The summed E-state index contributed by atoms with van der Waals surface area (Å²) >= 11 is 0. The van der Waals surface area contributed by atoms with Crippen molar-refractivity contribution in [3.05, 3.63) is 35.4 Å². The van der Waals surface area contributed by atoms with Crippen LogP contribution in [0.2, 0.25) is 0 Å². The van der Waals surface area contributed by atoms with Crippen molar-refractivity contribution in [3.8, 4) is 0 Å². The molecule has 0 heterocycles. The average Bonchev–Trinajstić information content (AvgIpc) is 2.46. The van der Waals surface area contributed by atoms with Crippen molar-refractivity contribution in [1.82, 2.24) is 10.2 Å². The predicted octanol–water partition coefficient (Wildman–Crippen LogP) is 2.98. The lowest BCUT2D eigenvalue weighted by atomic mass is 10.0. The molecule has 0 radical (unpaired) electrons. The molecular formula is C17H24F2N2O2. The molecule has 0 aliphatic rings. The number of carbonyl (C=O) groups excluding carboxylic acids is 2. The van der Waals surface area contributed by atoms with Crippen LogP contribution in [0.5, 0.6) is 0 Å². The van der Waals surface area contributed by atoms with Gasteiger partial charge < -0.3 is 10.2 Å². The van der Waals surface area contributed by atoms with Crippen LogP contribution in [-0.4, -0.2) is 35.8 Å². The molecule has 4 nitrogen and oxygen atoms in total. The van der Waals surface area contributed by atoms with E-state index in [1.165, 1.54) is 0 Å². The number of amides is 2. The lowest BCUT2D eigenvalue weighted by Crippen LogP contribution is -2.49. The number of benzene rings is 1. The van der Waals surface area contributed by atoms with Crippen LogP contribution in [0.25, 0.3) is 0 Å². The van der Waals surface area contributed by atoms with Crippen molar-refractivity contribution in [3.63, 3.8) is 0 Å². The molecule has 0 bridgehead atoms. The zero-order chi connectivity index (χ0) is 17.6. The fourth-order valence-electron chi connectivity index (χ4n) is 2.38. The third-order valence-electron chi connectivity index (χ3n) is 3.51. The minimum Gasteiger partial charge on any atom is -0.341 e. The Morgan fingerprint density at radius 1 is 1.09 bits per heavy atom. The number of halogens is 2. The largest absolute Gasteiger partial charge is 0.341 e. The molecule has 1 rings (SSSR count). The van der Waals surface area contributed by atoms with Gasteiger partial charge in [-0.05, 0) is 38.3 Å². The van der Waals surface area contributed by atoms with Crippen molar-refractivity contribution < 1.29 is 18.4 Å². The van der Waals surface area contributed by atoms with Crippen LogP contribution in [0.3, 0.4) is 0 Å². The van der Waals surface area contributed by atoms with Crippen LogP contribution in [-0.2, 0) is 4.79 Å². The molecule has 1 atom stereocenters. The van der Waals surface area contributed by atoms with Crippen LogP contribution >= 0.6 is 0 Å². The maximum absolute atomic E-state index is 13.2. The summed E-state index contributed by atoms with van der Waals surface area (Å²) < 4.78 is 26.5. The van der Waals surface area contributed by atoms with Gasteiger partial charge >= 0.3 is 0 Å². The first-order valence-corrected chi connectivity index (χ1v) is 7.84. The number of nitrogens with one attached hydrogen (secondary N) is 1. The molecule has 128 valence electrons. The molecule has 23 heavy (non-hydrogen) atoms. The fourth-order valence-corrected chi connectivity index (χ4v) is 2.38. The third kappa shape index (κ3) is 5.62. The van der Waals surface area contributed by atoms with Crippen molar-refractivity contribution in [2.45, 2.75) is 40.2 Å². The molecule has 0 aromatic heterocycles. The van der Waals surface area contributed by atoms with E-state index in [1.54, 1.807) is 4.90 Å². The summed E-state index contributed by atoms with van der Waals surface area (Å²) in [7, 11) is 0. The van der Waals surface area contributed by atoms with Gasteiger partial charge in [0.2, 0.25) is 5.91 Å². The van der Waals surface area contributed by atoms with Gasteiger partial charge in [0, 0.05) is 24.7 Å². The number of carbonyl (C=O) groups is 2. The fraction of sp³-hybridized carbons (Fsp3) is 0.529. The molecule has 2 amide bonds. The summed E-state index contributed by atoms with van der Waals surface area (Å²) in [5.41, 5.74) is -0.136. The van der Waals surface area contributed by atoms with E-state index in [9.17, 15) is 18.4 Å². The molecule has 1 aromatic carbocycles. The van der Waals surface area contributed by atoms with Gasteiger partial charge in [0.05, 0.1) is 0 Å². The van der Waals surface area contributed by atoms with Gasteiger partial charge in [-0.2, -0.15) is 0 Å². The topological polar surface area (TPSA) is 49.4 Å². The van der Waals surface area contributed by atoms with E-state index in [0.29, 0.717) is 25.6 Å². The standard InChI is InChI=1S/C17H24F2N2O2/c1-5-21(6-2)17(23)15(7-11(3)4)20-16(22)12-8-13(18)10-14(19)9-12/h8-11,15H,5-7H2,1-4H3,(H,20,22)/t15-/m1/s1. The SMILES string of the molecule is CCN(CC)C(=O)[C@@H](CC(C)C)NC(=O)c1cc(F)cc(F)c1. The Bertz CT molecular complexity index is 537. The van der Waals surface area contributed by atoms with E-state index < -0.39 is 23.6 Å². The monoisotopic (exact) mass is 326 g/mol. The molecule has 1 aromatic rings. The molecule has 0 fully saturated rings. The highest BCUT2D eigenvalue weighted by Crippen LogP contribution is 2.12.